The van der Waals surface area contributed by atoms with Gasteiger partial charge in [0.05, 0.1) is 18.4 Å². The quantitative estimate of drug-likeness (QED) is 0.718. The largest absolute Gasteiger partial charge is 0.462 e. The molecule has 0 radical (unpaired) electrons. The number of hydrogen-bond donors (Lipinski definition) is 1. The van der Waals surface area contributed by atoms with Gasteiger partial charge in [0.15, 0.2) is 0 Å². The molecule has 0 fully saturated rings. The molecule has 0 aliphatic heterocycles. The summed E-state index contributed by atoms with van der Waals surface area (Å²) in [5, 5.41) is 2.67. The standard InChI is InChI=1S/C16H24N2O5S/c1-5-23-16(20)13-6-8-14(9-7-13)17-15(19)10-11-18(12(2)3)24(4,21)22/h6-9,12H,5,10-11H2,1-4H3,(H,17,19). The molecule has 0 aliphatic rings. The zero-order valence-electron chi connectivity index (χ0n) is 14.4. The van der Waals surface area contributed by atoms with Gasteiger partial charge in [0.2, 0.25) is 15.9 Å². The van der Waals surface area contributed by atoms with E-state index in [0.717, 1.165) is 6.26 Å². The lowest BCUT2D eigenvalue weighted by Gasteiger charge is -2.23. The molecule has 8 heteroatoms. The van der Waals surface area contributed by atoms with Crippen molar-refractivity contribution in [2.24, 2.45) is 0 Å². The van der Waals surface area contributed by atoms with Crippen LogP contribution in [0.15, 0.2) is 24.3 Å². The van der Waals surface area contributed by atoms with E-state index in [2.05, 4.69) is 5.32 Å². The topological polar surface area (TPSA) is 92.8 Å². The normalized spacial score (nSPS) is 11.6. The number of rotatable bonds is 8. The van der Waals surface area contributed by atoms with Gasteiger partial charge in [0.1, 0.15) is 0 Å². The van der Waals surface area contributed by atoms with Crippen molar-refractivity contribution in [3.63, 3.8) is 0 Å². The van der Waals surface area contributed by atoms with Crippen LogP contribution in [0.3, 0.4) is 0 Å². The maximum atomic E-state index is 12.0. The van der Waals surface area contributed by atoms with Gasteiger partial charge in [-0.25, -0.2) is 13.2 Å². The van der Waals surface area contributed by atoms with Crippen LogP contribution in [0.25, 0.3) is 0 Å². The second kappa shape index (κ2) is 8.79. The molecular formula is C16H24N2O5S. The fourth-order valence-corrected chi connectivity index (χ4v) is 3.34. The summed E-state index contributed by atoms with van der Waals surface area (Å²) < 4.78 is 29.5. The zero-order chi connectivity index (χ0) is 18.3. The number of nitrogens with zero attached hydrogens (tertiary/aromatic N) is 1. The molecule has 0 unspecified atom stereocenters. The van der Waals surface area contributed by atoms with Crippen molar-refractivity contribution in [3.05, 3.63) is 29.8 Å². The van der Waals surface area contributed by atoms with E-state index in [1.165, 1.54) is 4.31 Å². The van der Waals surface area contributed by atoms with Gasteiger partial charge in [0, 0.05) is 24.7 Å². The van der Waals surface area contributed by atoms with Crippen LogP contribution in [-0.2, 0) is 19.6 Å². The molecule has 0 atom stereocenters. The van der Waals surface area contributed by atoms with E-state index in [0.29, 0.717) is 17.9 Å². The number of esters is 1. The van der Waals surface area contributed by atoms with Crippen molar-refractivity contribution in [2.75, 3.05) is 24.7 Å². The average Bonchev–Trinajstić information content (AvgIpc) is 2.46. The van der Waals surface area contributed by atoms with E-state index in [1.807, 2.05) is 0 Å². The number of amides is 1. The molecule has 1 aromatic rings. The smallest absolute Gasteiger partial charge is 0.338 e. The fourth-order valence-electron chi connectivity index (χ4n) is 2.15. The van der Waals surface area contributed by atoms with E-state index in [1.54, 1.807) is 45.0 Å². The van der Waals surface area contributed by atoms with Gasteiger partial charge >= 0.3 is 5.97 Å². The molecule has 0 bridgehead atoms. The highest BCUT2D eigenvalue weighted by Gasteiger charge is 2.20. The SMILES string of the molecule is CCOC(=O)c1ccc(NC(=O)CCN(C(C)C)S(C)(=O)=O)cc1. The van der Waals surface area contributed by atoms with Crippen molar-refractivity contribution in [1.29, 1.82) is 0 Å². The Labute approximate surface area is 143 Å². The Morgan fingerprint density at radius 1 is 1.21 bits per heavy atom. The van der Waals surface area contributed by atoms with Crippen LogP contribution in [0.1, 0.15) is 37.6 Å². The number of ether oxygens (including phenoxy) is 1. The van der Waals surface area contributed by atoms with E-state index in [9.17, 15) is 18.0 Å². The maximum absolute atomic E-state index is 12.0. The average molecular weight is 356 g/mol. The van der Waals surface area contributed by atoms with Crippen LogP contribution in [0, 0.1) is 0 Å². The van der Waals surface area contributed by atoms with Gasteiger partial charge in [-0.1, -0.05) is 0 Å². The van der Waals surface area contributed by atoms with Crippen LogP contribution >= 0.6 is 0 Å². The summed E-state index contributed by atoms with van der Waals surface area (Å²) in [4.78, 5) is 23.5. The molecule has 1 aromatic carbocycles. The first-order valence-electron chi connectivity index (χ1n) is 7.69. The van der Waals surface area contributed by atoms with Crippen molar-refractivity contribution < 1.29 is 22.7 Å². The minimum absolute atomic E-state index is 0.0465. The zero-order valence-corrected chi connectivity index (χ0v) is 15.2. The minimum Gasteiger partial charge on any atom is -0.462 e. The summed E-state index contributed by atoms with van der Waals surface area (Å²) in [5.74, 6) is -0.718. The van der Waals surface area contributed by atoms with Crippen molar-refractivity contribution in [2.45, 2.75) is 33.2 Å². The second-order valence-corrected chi connectivity index (χ2v) is 7.50. The molecule has 0 aliphatic carbocycles. The van der Waals surface area contributed by atoms with E-state index in [-0.39, 0.29) is 24.9 Å². The van der Waals surface area contributed by atoms with Gasteiger partial charge in [-0.05, 0) is 45.0 Å². The van der Waals surface area contributed by atoms with E-state index >= 15 is 0 Å². The summed E-state index contributed by atoms with van der Waals surface area (Å²) in [6.45, 7) is 5.65. The van der Waals surface area contributed by atoms with Gasteiger partial charge < -0.3 is 10.1 Å². The molecule has 24 heavy (non-hydrogen) atoms. The lowest BCUT2D eigenvalue weighted by molar-refractivity contribution is -0.116. The Morgan fingerprint density at radius 2 is 1.79 bits per heavy atom. The molecule has 0 saturated carbocycles. The fraction of sp³-hybridized carbons (Fsp3) is 0.500. The van der Waals surface area contributed by atoms with Crippen molar-refractivity contribution >= 4 is 27.6 Å². The van der Waals surface area contributed by atoms with E-state index < -0.39 is 16.0 Å². The van der Waals surface area contributed by atoms with Crippen LogP contribution in [0.4, 0.5) is 5.69 Å². The van der Waals surface area contributed by atoms with Crippen LogP contribution in [0.5, 0.6) is 0 Å². The van der Waals surface area contributed by atoms with Crippen LogP contribution < -0.4 is 5.32 Å². The molecule has 1 N–H and O–H groups in total. The molecule has 1 rings (SSSR count). The van der Waals surface area contributed by atoms with E-state index in [4.69, 9.17) is 4.74 Å². The van der Waals surface area contributed by atoms with Gasteiger partial charge in [-0.15, -0.1) is 0 Å². The Morgan fingerprint density at radius 3 is 2.25 bits per heavy atom. The summed E-state index contributed by atoms with van der Waals surface area (Å²) >= 11 is 0. The van der Waals surface area contributed by atoms with Gasteiger partial charge in [-0.3, -0.25) is 4.79 Å². The first-order valence-corrected chi connectivity index (χ1v) is 9.53. The number of hydrogen-bond acceptors (Lipinski definition) is 5. The molecule has 0 heterocycles. The molecule has 0 saturated heterocycles. The number of carbonyl (C=O) groups excluding carboxylic acids is 2. The maximum Gasteiger partial charge on any atom is 0.338 e. The third-order valence-electron chi connectivity index (χ3n) is 3.24. The third kappa shape index (κ3) is 6.29. The number of carbonyl (C=O) groups is 2. The monoisotopic (exact) mass is 356 g/mol. The minimum atomic E-state index is -3.35. The highest BCUT2D eigenvalue weighted by molar-refractivity contribution is 7.88. The lowest BCUT2D eigenvalue weighted by atomic mass is 10.2. The first-order chi connectivity index (χ1) is 11.1. The molecule has 1 amide bonds. The van der Waals surface area contributed by atoms with Crippen molar-refractivity contribution in [1.82, 2.24) is 4.31 Å². The highest BCUT2D eigenvalue weighted by Crippen LogP contribution is 2.12. The first kappa shape index (κ1) is 20.1. The summed E-state index contributed by atoms with van der Waals surface area (Å²) in [7, 11) is -3.35. The summed E-state index contributed by atoms with van der Waals surface area (Å²) in [6, 6.07) is 6.10. The van der Waals surface area contributed by atoms with Crippen LogP contribution in [0.2, 0.25) is 0 Å². The predicted octanol–water partition coefficient (Wildman–Crippen LogP) is 1.86. The molecule has 134 valence electrons. The molecule has 0 aromatic heterocycles. The summed E-state index contributed by atoms with van der Waals surface area (Å²) in [5.41, 5.74) is 0.932. The highest BCUT2D eigenvalue weighted by atomic mass is 32.2. The second-order valence-electron chi connectivity index (χ2n) is 5.56. The number of benzene rings is 1. The Hall–Kier alpha value is -1.93. The number of anilines is 1. The molecule has 0 spiro atoms. The Bertz CT molecular complexity index is 668. The third-order valence-corrected chi connectivity index (χ3v) is 4.70. The van der Waals surface area contributed by atoms with Gasteiger partial charge in [0.25, 0.3) is 0 Å². The number of nitrogens with one attached hydrogen (secondary N) is 1. The Balaban J connectivity index is 2.60. The lowest BCUT2D eigenvalue weighted by Crippen LogP contribution is -2.38. The molecular weight excluding hydrogens is 332 g/mol. The van der Waals surface area contributed by atoms with Crippen LogP contribution in [-0.4, -0.2) is 50.0 Å². The van der Waals surface area contributed by atoms with Gasteiger partial charge in [-0.2, -0.15) is 4.31 Å². The predicted molar refractivity (Wildman–Crippen MR) is 92.3 cm³/mol. The Kier molecular flexibility index (Phi) is 7.37. The molecule has 7 nitrogen and oxygen atoms in total. The number of sulfonamides is 1. The summed E-state index contributed by atoms with van der Waals surface area (Å²) in [6.07, 6.45) is 1.17. The van der Waals surface area contributed by atoms with Crippen molar-refractivity contribution in [3.8, 4) is 0 Å².